The van der Waals surface area contributed by atoms with E-state index >= 15 is 0 Å². The third-order valence-corrected chi connectivity index (χ3v) is 5.79. The average Bonchev–Trinajstić information content (AvgIpc) is 2.88. The van der Waals surface area contributed by atoms with E-state index in [0.29, 0.717) is 35.1 Å². The number of carbonyl (C=O) groups excluding carboxylic acids is 1. The van der Waals surface area contributed by atoms with Crippen LogP contribution in [0.4, 0.5) is 15.9 Å². The molecule has 0 saturated carbocycles. The van der Waals surface area contributed by atoms with Gasteiger partial charge in [0.1, 0.15) is 18.0 Å². The molecule has 0 bridgehead atoms. The summed E-state index contributed by atoms with van der Waals surface area (Å²) in [6.45, 7) is 2.65. The number of nitrogen functional groups attached to an aromatic ring is 1. The van der Waals surface area contributed by atoms with Gasteiger partial charge in [-0.1, -0.05) is 13.0 Å². The van der Waals surface area contributed by atoms with Gasteiger partial charge in [0.25, 0.3) is 5.91 Å². The largest absolute Gasteiger partial charge is 0.480 e. The molecule has 1 amide bonds. The lowest BCUT2D eigenvalue weighted by Crippen LogP contribution is -2.19. The number of amides is 1. The van der Waals surface area contributed by atoms with Crippen molar-refractivity contribution in [3.63, 3.8) is 0 Å². The Morgan fingerprint density at radius 1 is 1.17 bits per heavy atom. The highest BCUT2D eigenvalue weighted by molar-refractivity contribution is 6.06. The normalized spacial score (nSPS) is 11.8. The summed E-state index contributed by atoms with van der Waals surface area (Å²) < 4.78 is 19.7. The Balaban J connectivity index is 1.49. The summed E-state index contributed by atoms with van der Waals surface area (Å²) in [5.74, 6) is 0.241. The summed E-state index contributed by atoms with van der Waals surface area (Å²) in [7, 11) is 3.03. The van der Waals surface area contributed by atoms with E-state index in [0.717, 1.165) is 17.5 Å². The van der Waals surface area contributed by atoms with Crippen LogP contribution in [-0.2, 0) is 0 Å². The van der Waals surface area contributed by atoms with Crippen molar-refractivity contribution in [3.8, 4) is 17.1 Å². The Kier molecular flexibility index (Phi) is 7.00. The van der Waals surface area contributed by atoms with E-state index in [2.05, 4.69) is 30.6 Å². The minimum atomic E-state index is -0.469. The van der Waals surface area contributed by atoms with E-state index in [-0.39, 0.29) is 22.8 Å². The van der Waals surface area contributed by atoms with Crippen LogP contribution in [0, 0.1) is 5.82 Å². The number of anilines is 2. The summed E-state index contributed by atoms with van der Waals surface area (Å²) >= 11 is 0. The summed E-state index contributed by atoms with van der Waals surface area (Å²) in [4.78, 5) is 29.4. The molecule has 3 heterocycles. The van der Waals surface area contributed by atoms with Gasteiger partial charge >= 0.3 is 0 Å². The smallest absolute Gasteiger partial charge is 0.251 e. The van der Waals surface area contributed by atoms with E-state index < -0.39 is 5.82 Å². The highest BCUT2D eigenvalue weighted by Gasteiger charge is 2.18. The SMILES string of the molecule is CNC(=O)c1ccnc2c(C(C)CCNc3cc(-c4cnc(OC)c(N)c4)ncn3)ccc(F)c12. The number of fused-ring (bicyclic) bond motifs is 1. The van der Waals surface area contributed by atoms with Gasteiger partial charge in [0.05, 0.1) is 29.6 Å². The number of halogens is 1. The minimum absolute atomic E-state index is 0.0462. The van der Waals surface area contributed by atoms with Crippen molar-refractivity contribution in [2.24, 2.45) is 0 Å². The van der Waals surface area contributed by atoms with Crippen LogP contribution >= 0.6 is 0 Å². The molecule has 180 valence electrons. The highest BCUT2D eigenvalue weighted by atomic mass is 19.1. The summed E-state index contributed by atoms with van der Waals surface area (Å²) in [5.41, 5.74) is 9.44. The molecule has 4 rings (SSSR count). The lowest BCUT2D eigenvalue weighted by Gasteiger charge is -2.16. The van der Waals surface area contributed by atoms with Crippen molar-refractivity contribution in [1.29, 1.82) is 0 Å². The van der Waals surface area contributed by atoms with Crippen molar-refractivity contribution < 1.29 is 13.9 Å². The topological polar surface area (TPSA) is 128 Å². The first-order valence-electron chi connectivity index (χ1n) is 11.1. The number of hydrogen-bond donors (Lipinski definition) is 3. The second-order valence-corrected chi connectivity index (χ2v) is 8.03. The Morgan fingerprint density at radius 2 is 2.00 bits per heavy atom. The molecular weight excluding hydrogens is 449 g/mol. The van der Waals surface area contributed by atoms with Crippen molar-refractivity contribution in [2.45, 2.75) is 19.3 Å². The number of nitrogens with two attached hydrogens (primary N) is 1. The van der Waals surface area contributed by atoms with Gasteiger partial charge in [0.15, 0.2) is 0 Å². The van der Waals surface area contributed by atoms with E-state index in [9.17, 15) is 9.18 Å². The first kappa shape index (κ1) is 23.8. The third kappa shape index (κ3) is 4.96. The van der Waals surface area contributed by atoms with Crippen molar-refractivity contribution >= 4 is 28.3 Å². The number of nitrogens with zero attached hydrogens (tertiary/aromatic N) is 4. The third-order valence-electron chi connectivity index (χ3n) is 5.79. The van der Waals surface area contributed by atoms with Crippen molar-refractivity contribution in [1.82, 2.24) is 25.3 Å². The summed E-state index contributed by atoms with van der Waals surface area (Å²) in [5, 5.41) is 6.09. The van der Waals surface area contributed by atoms with Gasteiger partial charge in [-0.2, -0.15) is 0 Å². The van der Waals surface area contributed by atoms with Gasteiger partial charge in [-0.3, -0.25) is 9.78 Å². The van der Waals surface area contributed by atoms with Crippen LogP contribution in [-0.4, -0.2) is 46.5 Å². The molecule has 4 aromatic rings. The molecule has 9 nitrogen and oxygen atoms in total. The Labute approximate surface area is 202 Å². The Morgan fingerprint density at radius 3 is 2.74 bits per heavy atom. The maximum atomic E-state index is 14.6. The summed E-state index contributed by atoms with van der Waals surface area (Å²) in [6, 6.07) is 8.21. The first-order chi connectivity index (χ1) is 16.9. The Hall–Kier alpha value is -4.34. The lowest BCUT2D eigenvalue weighted by atomic mass is 9.93. The van der Waals surface area contributed by atoms with Gasteiger partial charge in [-0.25, -0.2) is 19.3 Å². The number of hydrogen-bond acceptors (Lipinski definition) is 8. The van der Waals surface area contributed by atoms with Crippen LogP contribution < -0.4 is 21.1 Å². The predicted molar refractivity (Wildman–Crippen MR) is 133 cm³/mol. The van der Waals surface area contributed by atoms with Crippen LogP contribution in [0.5, 0.6) is 5.88 Å². The fourth-order valence-corrected chi connectivity index (χ4v) is 3.93. The number of carbonyl (C=O) groups is 1. The van der Waals surface area contributed by atoms with E-state index in [1.165, 1.54) is 38.8 Å². The second-order valence-electron chi connectivity index (χ2n) is 8.03. The molecule has 1 atom stereocenters. The molecule has 1 aromatic carbocycles. The molecule has 0 spiro atoms. The number of nitrogens with one attached hydrogen (secondary N) is 2. The molecule has 35 heavy (non-hydrogen) atoms. The number of aromatic nitrogens is 4. The van der Waals surface area contributed by atoms with Crippen molar-refractivity contribution in [2.75, 3.05) is 31.8 Å². The molecule has 3 aromatic heterocycles. The average molecular weight is 476 g/mol. The van der Waals surface area contributed by atoms with Gasteiger partial charge in [-0.15, -0.1) is 0 Å². The number of ether oxygens (including phenoxy) is 1. The van der Waals surface area contributed by atoms with Gasteiger partial charge in [0.2, 0.25) is 5.88 Å². The van der Waals surface area contributed by atoms with E-state index in [1.807, 2.05) is 13.0 Å². The zero-order valence-electron chi connectivity index (χ0n) is 19.7. The molecule has 0 aliphatic heterocycles. The van der Waals surface area contributed by atoms with Crippen LogP contribution in [0.3, 0.4) is 0 Å². The fourth-order valence-electron chi connectivity index (χ4n) is 3.93. The van der Waals surface area contributed by atoms with Crippen LogP contribution in [0.25, 0.3) is 22.2 Å². The zero-order chi connectivity index (χ0) is 24.9. The fraction of sp³-hybridized carbons (Fsp3) is 0.240. The van der Waals surface area contributed by atoms with Crippen LogP contribution in [0.2, 0.25) is 0 Å². The number of pyridine rings is 2. The molecule has 0 aliphatic rings. The van der Waals surface area contributed by atoms with Gasteiger partial charge in [0, 0.05) is 43.0 Å². The van der Waals surface area contributed by atoms with Crippen molar-refractivity contribution in [3.05, 3.63) is 66.0 Å². The molecule has 0 saturated heterocycles. The lowest BCUT2D eigenvalue weighted by molar-refractivity contribution is 0.0964. The number of methoxy groups -OCH3 is 1. The number of benzene rings is 1. The van der Waals surface area contributed by atoms with Crippen LogP contribution in [0.15, 0.2) is 49.1 Å². The summed E-state index contributed by atoms with van der Waals surface area (Å²) in [6.07, 6.45) is 5.37. The molecule has 0 radical (unpaired) electrons. The molecular formula is C25H26FN7O2. The standard InChI is InChI=1S/C25H26FN7O2/c1-14(16-4-5-18(26)22-17(24(34)28-2)7-9-30-23(16)22)6-8-29-21-11-20(32-13-33-21)15-10-19(27)25(35-3)31-12-15/h4-5,7,9-14H,6,8,27H2,1-3H3,(H,28,34)(H,29,32,33). The van der Waals surface area contributed by atoms with E-state index in [1.54, 1.807) is 18.3 Å². The molecule has 10 heteroatoms. The predicted octanol–water partition coefficient (Wildman–Crippen LogP) is 3.78. The molecule has 0 fully saturated rings. The quantitative estimate of drug-likeness (QED) is 0.351. The first-order valence-corrected chi connectivity index (χ1v) is 11.1. The maximum absolute atomic E-state index is 14.6. The maximum Gasteiger partial charge on any atom is 0.251 e. The number of rotatable bonds is 8. The van der Waals surface area contributed by atoms with E-state index in [4.69, 9.17) is 10.5 Å². The Bertz CT molecular complexity index is 1380. The molecule has 4 N–H and O–H groups in total. The monoisotopic (exact) mass is 475 g/mol. The van der Waals surface area contributed by atoms with Gasteiger partial charge < -0.3 is 21.1 Å². The second kappa shape index (κ2) is 10.3. The minimum Gasteiger partial charge on any atom is -0.480 e. The molecule has 0 aliphatic carbocycles. The highest BCUT2D eigenvalue weighted by Crippen LogP contribution is 2.30. The molecule has 1 unspecified atom stereocenters. The van der Waals surface area contributed by atoms with Crippen LogP contribution in [0.1, 0.15) is 35.2 Å². The van der Waals surface area contributed by atoms with Gasteiger partial charge in [-0.05, 0) is 36.1 Å². The zero-order valence-corrected chi connectivity index (χ0v) is 19.7.